The van der Waals surface area contributed by atoms with Crippen molar-refractivity contribution in [2.24, 2.45) is 5.73 Å². The summed E-state index contributed by atoms with van der Waals surface area (Å²) < 4.78 is 0.884. The minimum Gasteiger partial charge on any atom is -0.351 e. The average molecular weight is 412 g/mol. The van der Waals surface area contributed by atoms with E-state index < -0.39 is 11.9 Å². The summed E-state index contributed by atoms with van der Waals surface area (Å²) in [6.45, 7) is 3.95. The molecule has 29 heavy (non-hydrogen) atoms. The number of benzene rings is 1. The van der Waals surface area contributed by atoms with Gasteiger partial charge in [-0.15, -0.1) is 0 Å². The summed E-state index contributed by atoms with van der Waals surface area (Å²) in [6.07, 6.45) is 0. The number of primary amides is 1. The van der Waals surface area contributed by atoms with Gasteiger partial charge in [-0.25, -0.2) is 14.8 Å². The van der Waals surface area contributed by atoms with Crippen LogP contribution in [0.25, 0.3) is 10.2 Å². The van der Waals surface area contributed by atoms with Crippen molar-refractivity contribution in [2.45, 2.75) is 26.4 Å². The maximum atomic E-state index is 12.4. The Labute approximate surface area is 170 Å². The van der Waals surface area contributed by atoms with E-state index in [9.17, 15) is 14.4 Å². The Morgan fingerprint density at radius 3 is 2.48 bits per heavy atom. The molecule has 10 heteroatoms. The average Bonchev–Trinajstić information content (AvgIpc) is 3.06. The van der Waals surface area contributed by atoms with Crippen molar-refractivity contribution in [2.75, 3.05) is 5.32 Å². The molecule has 0 unspecified atom stereocenters. The third kappa shape index (κ3) is 5.26. The number of carbonyl (C=O) groups excluding carboxylic acids is 3. The van der Waals surface area contributed by atoms with Crippen molar-refractivity contribution in [1.29, 1.82) is 0 Å². The van der Waals surface area contributed by atoms with E-state index in [1.54, 1.807) is 18.2 Å². The normalized spacial score (nSPS) is 10.7. The molecule has 0 saturated heterocycles. The fourth-order valence-corrected chi connectivity index (χ4v) is 3.39. The lowest BCUT2D eigenvalue weighted by atomic mass is 10.2. The van der Waals surface area contributed by atoms with Crippen molar-refractivity contribution in [3.8, 4) is 0 Å². The molecule has 0 fully saturated rings. The van der Waals surface area contributed by atoms with Gasteiger partial charge in [-0.3, -0.25) is 14.9 Å². The van der Waals surface area contributed by atoms with Crippen LogP contribution in [0.2, 0.25) is 0 Å². The smallest absolute Gasteiger partial charge is 0.318 e. The highest BCUT2D eigenvalue weighted by atomic mass is 32.1. The number of carbonyl (C=O) groups is 3. The van der Waals surface area contributed by atoms with Gasteiger partial charge in [0.05, 0.1) is 10.2 Å². The number of hydrogen-bond donors (Lipinski definition) is 4. The first kappa shape index (κ1) is 20.2. The lowest BCUT2D eigenvalue weighted by molar-refractivity contribution is 0.0936. The van der Waals surface area contributed by atoms with Gasteiger partial charge >= 0.3 is 6.03 Å². The van der Waals surface area contributed by atoms with Gasteiger partial charge in [0, 0.05) is 12.6 Å². The van der Waals surface area contributed by atoms with Crippen molar-refractivity contribution < 1.29 is 14.4 Å². The van der Waals surface area contributed by atoms with E-state index in [0.717, 1.165) is 10.3 Å². The molecule has 0 spiro atoms. The van der Waals surface area contributed by atoms with E-state index in [4.69, 9.17) is 5.73 Å². The molecule has 3 rings (SSSR count). The van der Waals surface area contributed by atoms with Gasteiger partial charge in [0.15, 0.2) is 5.13 Å². The van der Waals surface area contributed by atoms with Crippen molar-refractivity contribution in [1.82, 2.24) is 20.6 Å². The predicted molar refractivity (Wildman–Crippen MR) is 111 cm³/mol. The van der Waals surface area contributed by atoms with E-state index >= 15 is 0 Å². The van der Waals surface area contributed by atoms with Crippen LogP contribution in [0.5, 0.6) is 0 Å². The Bertz CT molecular complexity index is 1080. The number of nitrogens with zero attached hydrogens (tertiary/aromatic N) is 2. The van der Waals surface area contributed by atoms with E-state index in [-0.39, 0.29) is 29.9 Å². The molecule has 5 N–H and O–H groups in total. The number of hydrogen-bond acceptors (Lipinski definition) is 6. The SMILES string of the molecule is CC(C)NC(=O)c1cccc(C(=O)NCc2ccc3sc(NC(N)=O)nc3c2)n1. The Morgan fingerprint density at radius 2 is 1.79 bits per heavy atom. The van der Waals surface area contributed by atoms with Crippen LogP contribution in [0, 0.1) is 0 Å². The monoisotopic (exact) mass is 412 g/mol. The van der Waals surface area contributed by atoms with Crippen LogP contribution >= 0.6 is 11.3 Å². The molecular formula is C19H20N6O3S. The highest BCUT2D eigenvalue weighted by Gasteiger charge is 2.13. The quantitative estimate of drug-likeness (QED) is 0.492. The summed E-state index contributed by atoms with van der Waals surface area (Å²) in [5, 5.41) is 8.38. The number of aromatic nitrogens is 2. The number of anilines is 1. The lowest BCUT2D eigenvalue weighted by Gasteiger charge is -2.09. The molecule has 2 heterocycles. The standard InChI is InChI=1S/C19H20N6O3S/c1-10(2)22-17(27)13-5-3-4-12(23-13)16(26)21-9-11-6-7-15-14(8-11)24-19(29-15)25-18(20)28/h3-8,10H,9H2,1-2H3,(H,21,26)(H,22,27)(H3,20,24,25,28). The number of pyridine rings is 1. The van der Waals surface area contributed by atoms with Crippen LogP contribution in [-0.4, -0.2) is 33.9 Å². The van der Waals surface area contributed by atoms with E-state index in [2.05, 4.69) is 25.9 Å². The molecule has 9 nitrogen and oxygen atoms in total. The van der Waals surface area contributed by atoms with E-state index in [0.29, 0.717) is 10.6 Å². The highest BCUT2D eigenvalue weighted by molar-refractivity contribution is 7.22. The maximum absolute atomic E-state index is 12.4. The summed E-state index contributed by atoms with van der Waals surface area (Å²) >= 11 is 1.31. The highest BCUT2D eigenvalue weighted by Crippen LogP contribution is 2.26. The molecule has 2 aromatic heterocycles. The first-order valence-corrected chi connectivity index (χ1v) is 9.65. The molecule has 0 aliphatic heterocycles. The number of thiazole rings is 1. The fraction of sp³-hybridized carbons (Fsp3) is 0.211. The molecule has 0 aliphatic rings. The molecule has 150 valence electrons. The Balaban J connectivity index is 1.67. The molecule has 4 amide bonds. The number of fused-ring (bicyclic) bond motifs is 1. The van der Waals surface area contributed by atoms with Gasteiger partial charge in [0.2, 0.25) is 0 Å². The molecule has 0 atom stereocenters. The zero-order valence-electron chi connectivity index (χ0n) is 15.9. The Morgan fingerprint density at radius 1 is 1.07 bits per heavy atom. The van der Waals surface area contributed by atoms with Crippen molar-refractivity contribution in [3.05, 3.63) is 53.3 Å². The van der Waals surface area contributed by atoms with Gasteiger partial charge < -0.3 is 16.4 Å². The fourth-order valence-electron chi connectivity index (χ4n) is 2.54. The minimum absolute atomic E-state index is 0.0268. The van der Waals surface area contributed by atoms with E-state index in [1.165, 1.54) is 11.3 Å². The summed E-state index contributed by atoms with van der Waals surface area (Å²) in [5.41, 5.74) is 6.96. The topological polar surface area (TPSA) is 139 Å². The number of nitrogens with two attached hydrogens (primary N) is 1. The molecule has 3 aromatic rings. The Kier molecular flexibility index (Phi) is 6.03. The zero-order chi connectivity index (χ0) is 21.0. The summed E-state index contributed by atoms with van der Waals surface area (Å²) in [4.78, 5) is 43.8. The largest absolute Gasteiger partial charge is 0.351 e. The molecule has 0 bridgehead atoms. The van der Waals surface area contributed by atoms with E-state index in [1.807, 2.05) is 32.0 Å². The van der Waals surface area contributed by atoms with Crippen LogP contribution in [-0.2, 0) is 6.54 Å². The van der Waals surface area contributed by atoms with Crippen LogP contribution in [0.15, 0.2) is 36.4 Å². The predicted octanol–water partition coefficient (Wildman–Crippen LogP) is 2.25. The van der Waals surface area contributed by atoms with Crippen LogP contribution < -0.4 is 21.7 Å². The molecular weight excluding hydrogens is 392 g/mol. The number of urea groups is 1. The molecule has 0 aliphatic carbocycles. The van der Waals surface area contributed by atoms with Gasteiger partial charge in [-0.05, 0) is 43.7 Å². The van der Waals surface area contributed by atoms with Gasteiger partial charge in [0.1, 0.15) is 11.4 Å². The van der Waals surface area contributed by atoms with Crippen LogP contribution in [0.4, 0.5) is 9.93 Å². The van der Waals surface area contributed by atoms with Crippen LogP contribution in [0.1, 0.15) is 40.4 Å². The number of amides is 4. The lowest BCUT2D eigenvalue weighted by Crippen LogP contribution is -2.31. The van der Waals surface area contributed by atoms with Crippen molar-refractivity contribution >= 4 is 44.5 Å². The first-order chi connectivity index (χ1) is 13.8. The number of rotatable bonds is 6. The molecule has 1 aromatic carbocycles. The second-order valence-electron chi connectivity index (χ2n) is 6.53. The summed E-state index contributed by atoms with van der Waals surface area (Å²) in [5.74, 6) is -0.720. The van der Waals surface area contributed by atoms with Crippen molar-refractivity contribution in [3.63, 3.8) is 0 Å². The first-order valence-electron chi connectivity index (χ1n) is 8.84. The van der Waals surface area contributed by atoms with Gasteiger partial charge in [-0.1, -0.05) is 23.5 Å². The summed E-state index contributed by atoms with van der Waals surface area (Å²) in [7, 11) is 0. The molecule has 0 radical (unpaired) electrons. The summed E-state index contributed by atoms with van der Waals surface area (Å²) in [6, 6.07) is 9.55. The third-order valence-electron chi connectivity index (χ3n) is 3.77. The molecule has 0 saturated carbocycles. The number of nitrogens with one attached hydrogen (secondary N) is 3. The van der Waals surface area contributed by atoms with Gasteiger partial charge in [-0.2, -0.15) is 0 Å². The maximum Gasteiger partial charge on any atom is 0.318 e. The van der Waals surface area contributed by atoms with Crippen LogP contribution in [0.3, 0.4) is 0 Å². The minimum atomic E-state index is -0.673. The van der Waals surface area contributed by atoms with Gasteiger partial charge in [0.25, 0.3) is 11.8 Å². The zero-order valence-corrected chi connectivity index (χ0v) is 16.7. The second kappa shape index (κ2) is 8.65. The third-order valence-corrected chi connectivity index (χ3v) is 4.72. The second-order valence-corrected chi connectivity index (χ2v) is 7.56. The Hall–Kier alpha value is -3.53.